The SMILES string of the molecule is COc1ccc(-c2ccccc2)cc1/C=C/C(=O)c1ccc(N(C)CCN(C)C)cc1. The summed E-state index contributed by atoms with van der Waals surface area (Å²) < 4.78 is 5.48. The van der Waals surface area contributed by atoms with Crippen LogP contribution in [0.4, 0.5) is 5.69 Å². The molecule has 160 valence electrons. The first-order valence-electron chi connectivity index (χ1n) is 10.4. The van der Waals surface area contributed by atoms with Crippen molar-refractivity contribution < 1.29 is 9.53 Å². The molecule has 0 spiro atoms. The molecule has 0 saturated carbocycles. The van der Waals surface area contributed by atoms with Crippen molar-refractivity contribution in [3.8, 4) is 16.9 Å². The molecule has 4 nitrogen and oxygen atoms in total. The number of allylic oxidation sites excluding steroid dienone is 1. The molecule has 3 aromatic carbocycles. The molecule has 0 saturated heterocycles. The fraction of sp³-hybridized carbons (Fsp3) is 0.222. The van der Waals surface area contributed by atoms with E-state index >= 15 is 0 Å². The van der Waals surface area contributed by atoms with E-state index in [9.17, 15) is 4.79 Å². The van der Waals surface area contributed by atoms with Gasteiger partial charge in [-0.2, -0.15) is 0 Å². The van der Waals surface area contributed by atoms with Gasteiger partial charge in [0.15, 0.2) is 5.78 Å². The number of ketones is 1. The van der Waals surface area contributed by atoms with E-state index in [2.05, 4.69) is 43.1 Å². The van der Waals surface area contributed by atoms with Gasteiger partial charge in [-0.25, -0.2) is 0 Å². The highest BCUT2D eigenvalue weighted by Crippen LogP contribution is 2.27. The molecule has 0 bridgehead atoms. The Morgan fingerprint density at radius 3 is 2.23 bits per heavy atom. The molecular weight excluding hydrogens is 384 g/mol. The minimum atomic E-state index is -0.0327. The Morgan fingerprint density at radius 1 is 0.871 bits per heavy atom. The Morgan fingerprint density at radius 2 is 1.58 bits per heavy atom. The van der Waals surface area contributed by atoms with Crippen LogP contribution in [0.1, 0.15) is 15.9 Å². The number of anilines is 1. The Bertz CT molecular complexity index is 1020. The number of ether oxygens (including phenoxy) is 1. The van der Waals surface area contributed by atoms with Crippen LogP contribution < -0.4 is 9.64 Å². The zero-order valence-electron chi connectivity index (χ0n) is 18.7. The van der Waals surface area contributed by atoms with Gasteiger partial charge in [0.1, 0.15) is 5.75 Å². The average Bonchev–Trinajstić information content (AvgIpc) is 2.81. The van der Waals surface area contributed by atoms with Crippen molar-refractivity contribution in [2.24, 2.45) is 0 Å². The molecule has 0 N–H and O–H groups in total. The molecule has 0 fully saturated rings. The highest BCUT2D eigenvalue weighted by molar-refractivity contribution is 6.07. The molecule has 0 amide bonds. The Labute approximate surface area is 185 Å². The summed E-state index contributed by atoms with van der Waals surface area (Å²) >= 11 is 0. The molecule has 4 heteroatoms. The number of carbonyl (C=O) groups excluding carboxylic acids is 1. The van der Waals surface area contributed by atoms with Gasteiger partial charge in [-0.3, -0.25) is 4.79 Å². The minimum Gasteiger partial charge on any atom is -0.496 e. The molecule has 3 rings (SSSR count). The van der Waals surface area contributed by atoms with E-state index in [0.29, 0.717) is 5.56 Å². The molecule has 0 atom stereocenters. The molecule has 0 aliphatic carbocycles. The lowest BCUT2D eigenvalue weighted by atomic mass is 10.0. The van der Waals surface area contributed by atoms with Crippen LogP contribution in [-0.2, 0) is 0 Å². The third-order valence-corrected chi connectivity index (χ3v) is 5.23. The van der Waals surface area contributed by atoms with Gasteiger partial charge in [0.05, 0.1) is 7.11 Å². The second-order valence-corrected chi connectivity index (χ2v) is 7.79. The smallest absolute Gasteiger partial charge is 0.185 e. The summed E-state index contributed by atoms with van der Waals surface area (Å²) in [5, 5.41) is 0. The Hall–Kier alpha value is -3.37. The lowest BCUT2D eigenvalue weighted by molar-refractivity contribution is 0.104. The third kappa shape index (κ3) is 6.06. The Kier molecular flexibility index (Phi) is 7.63. The van der Waals surface area contributed by atoms with Crippen LogP contribution in [0.2, 0.25) is 0 Å². The van der Waals surface area contributed by atoms with Gasteiger partial charge in [-0.15, -0.1) is 0 Å². The standard InChI is InChI=1S/C27H30N2O2/c1-28(2)18-19-29(3)25-14-10-22(11-15-25)26(30)16-12-24-20-23(13-17-27(24)31-4)21-8-6-5-7-9-21/h5-17,20H,18-19H2,1-4H3/b16-12+. The molecule has 0 heterocycles. The van der Waals surface area contributed by atoms with E-state index in [1.807, 2.05) is 66.7 Å². The maximum Gasteiger partial charge on any atom is 0.185 e. The largest absolute Gasteiger partial charge is 0.496 e. The number of likely N-dealkylation sites (N-methyl/N-ethyl adjacent to an activating group) is 2. The summed E-state index contributed by atoms with van der Waals surface area (Å²) in [6, 6.07) is 23.9. The van der Waals surface area contributed by atoms with Crippen LogP contribution >= 0.6 is 0 Å². The van der Waals surface area contributed by atoms with Crippen molar-refractivity contribution in [1.29, 1.82) is 0 Å². The summed E-state index contributed by atoms with van der Waals surface area (Å²) in [5.41, 5.74) is 4.84. The molecular formula is C27H30N2O2. The summed E-state index contributed by atoms with van der Waals surface area (Å²) in [6.45, 7) is 1.90. The number of rotatable bonds is 9. The van der Waals surface area contributed by atoms with Gasteiger partial charge >= 0.3 is 0 Å². The number of nitrogens with zero attached hydrogens (tertiary/aromatic N) is 2. The van der Waals surface area contributed by atoms with Crippen LogP contribution in [-0.4, -0.2) is 52.0 Å². The molecule has 0 aliphatic rings. The van der Waals surface area contributed by atoms with Crippen LogP contribution in [0.5, 0.6) is 5.75 Å². The summed E-state index contributed by atoms with van der Waals surface area (Å²) in [4.78, 5) is 17.1. The first kappa shape index (κ1) is 22.3. The zero-order chi connectivity index (χ0) is 22.2. The summed E-state index contributed by atoms with van der Waals surface area (Å²) in [6.07, 6.45) is 3.43. The topological polar surface area (TPSA) is 32.8 Å². The number of benzene rings is 3. The number of carbonyl (C=O) groups is 1. The summed E-state index contributed by atoms with van der Waals surface area (Å²) in [5.74, 6) is 0.705. The van der Waals surface area contributed by atoms with Crippen LogP contribution in [0.25, 0.3) is 17.2 Å². The predicted molar refractivity (Wildman–Crippen MR) is 130 cm³/mol. The number of hydrogen-bond acceptors (Lipinski definition) is 4. The van der Waals surface area contributed by atoms with Gasteiger partial charge in [0.2, 0.25) is 0 Å². The lowest BCUT2D eigenvalue weighted by Gasteiger charge is -2.21. The highest BCUT2D eigenvalue weighted by atomic mass is 16.5. The fourth-order valence-electron chi connectivity index (χ4n) is 3.30. The first-order valence-corrected chi connectivity index (χ1v) is 10.4. The van der Waals surface area contributed by atoms with Crippen molar-refractivity contribution in [2.45, 2.75) is 0 Å². The van der Waals surface area contributed by atoms with Gasteiger partial charge in [0, 0.05) is 37.0 Å². The van der Waals surface area contributed by atoms with Crippen molar-refractivity contribution in [1.82, 2.24) is 4.90 Å². The van der Waals surface area contributed by atoms with Gasteiger partial charge in [-0.1, -0.05) is 36.4 Å². The predicted octanol–water partition coefficient (Wildman–Crippen LogP) is 5.26. The van der Waals surface area contributed by atoms with Crippen LogP contribution in [0.3, 0.4) is 0 Å². The molecule has 3 aromatic rings. The van der Waals surface area contributed by atoms with E-state index in [4.69, 9.17) is 4.74 Å². The van der Waals surface area contributed by atoms with Crippen molar-refractivity contribution in [3.63, 3.8) is 0 Å². The van der Waals surface area contributed by atoms with Crippen molar-refractivity contribution in [3.05, 3.63) is 90.0 Å². The molecule has 0 unspecified atom stereocenters. The number of methoxy groups -OCH3 is 1. The lowest BCUT2D eigenvalue weighted by Crippen LogP contribution is -2.28. The highest BCUT2D eigenvalue weighted by Gasteiger charge is 2.07. The first-order chi connectivity index (χ1) is 15.0. The van der Waals surface area contributed by atoms with Crippen molar-refractivity contribution in [2.75, 3.05) is 46.2 Å². The average molecular weight is 415 g/mol. The molecule has 0 aliphatic heterocycles. The van der Waals surface area contributed by atoms with E-state index in [1.165, 1.54) is 0 Å². The third-order valence-electron chi connectivity index (χ3n) is 5.23. The maximum absolute atomic E-state index is 12.7. The van der Waals surface area contributed by atoms with Gasteiger partial charge < -0.3 is 14.5 Å². The monoisotopic (exact) mass is 414 g/mol. The normalized spacial score (nSPS) is 11.1. The molecule has 0 radical (unpaired) electrons. The second kappa shape index (κ2) is 10.6. The van der Waals surface area contributed by atoms with Crippen LogP contribution in [0, 0.1) is 0 Å². The second-order valence-electron chi connectivity index (χ2n) is 7.79. The fourth-order valence-corrected chi connectivity index (χ4v) is 3.30. The van der Waals surface area contributed by atoms with Crippen molar-refractivity contribution >= 4 is 17.5 Å². The van der Waals surface area contributed by atoms with E-state index in [-0.39, 0.29) is 5.78 Å². The van der Waals surface area contributed by atoms with E-state index in [0.717, 1.165) is 41.2 Å². The zero-order valence-corrected chi connectivity index (χ0v) is 18.7. The maximum atomic E-state index is 12.7. The van der Waals surface area contributed by atoms with E-state index in [1.54, 1.807) is 13.2 Å². The quantitative estimate of drug-likeness (QED) is 0.353. The van der Waals surface area contributed by atoms with E-state index < -0.39 is 0 Å². The molecule has 31 heavy (non-hydrogen) atoms. The van der Waals surface area contributed by atoms with Gasteiger partial charge in [0.25, 0.3) is 0 Å². The Balaban J connectivity index is 1.75. The molecule has 0 aromatic heterocycles. The summed E-state index contributed by atoms with van der Waals surface area (Å²) in [7, 11) is 7.83. The number of hydrogen-bond donors (Lipinski definition) is 0. The minimum absolute atomic E-state index is 0.0327. The van der Waals surface area contributed by atoms with Gasteiger partial charge in [-0.05, 0) is 73.8 Å². The van der Waals surface area contributed by atoms with Crippen LogP contribution in [0.15, 0.2) is 78.9 Å².